The number of rotatable bonds is 7. The minimum Gasteiger partial charge on any atom is -0.497 e. The first-order chi connectivity index (χ1) is 8.58. The number of nitrogens with one attached hydrogen (secondary N) is 1. The number of carboxylic acids is 1. The van der Waals surface area contributed by atoms with Crippen LogP contribution < -0.4 is 10.1 Å². The van der Waals surface area contributed by atoms with E-state index in [0.717, 1.165) is 11.3 Å². The van der Waals surface area contributed by atoms with Gasteiger partial charge in [-0.2, -0.15) is 0 Å². The van der Waals surface area contributed by atoms with Gasteiger partial charge in [-0.25, -0.2) is 0 Å². The summed E-state index contributed by atoms with van der Waals surface area (Å²) in [6, 6.07) is 6.79. The minimum atomic E-state index is -0.935. The van der Waals surface area contributed by atoms with Crippen LogP contribution in [0.2, 0.25) is 0 Å². The highest BCUT2D eigenvalue weighted by atomic mass is 16.5. The second-order valence-corrected chi connectivity index (χ2v) is 4.01. The maximum Gasteiger partial charge on any atom is 0.317 e. The van der Waals surface area contributed by atoms with Gasteiger partial charge in [0.05, 0.1) is 19.8 Å². The van der Waals surface area contributed by atoms with Crippen LogP contribution in [0.15, 0.2) is 24.3 Å². The van der Waals surface area contributed by atoms with Gasteiger partial charge < -0.3 is 20.3 Å². The molecule has 1 aromatic carbocycles. The van der Waals surface area contributed by atoms with Gasteiger partial charge in [0.15, 0.2) is 0 Å². The van der Waals surface area contributed by atoms with Crippen LogP contribution in [-0.2, 0) is 4.79 Å². The predicted molar refractivity (Wildman–Crippen MR) is 67.7 cm³/mol. The Hall–Kier alpha value is -1.59. The van der Waals surface area contributed by atoms with Gasteiger partial charge in [0.1, 0.15) is 5.75 Å². The van der Waals surface area contributed by atoms with Gasteiger partial charge in [0.2, 0.25) is 0 Å². The standard InChI is InChI=1S/C13H19NO4/c1-3-11(14-8-12(15)16)13(17)9-4-6-10(18-2)7-5-9/h4-7,11,13-14,17H,3,8H2,1-2H3,(H,15,16). The number of carboxylic acid groups (broad SMARTS) is 1. The van der Waals surface area contributed by atoms with Crippen LogP contribution in [0.3, 0.4) is 0 Å². The van der Waals surface area contributed by atoms with E-state index in [1.54, 1.807) is 31.4 Å². The lowest BCUT2D eigenvalue weighted by Gasteiger charge is -2.22. The van der Waals surface area contributed by atoms with Gasteiger partial charge in [0, 0.05) is 6.04 Å². The first kappa shape index (κ1) is 14.5. The molecule has 100 valence electrons. The van der Waals surface area contributed by atoms with Gasteiger partial charge >= 0.3 is 5.97 Å². The van der Waals surface area contributed by atoms with E-state index in [2.05, 4.69) is 5.32 Å². The molecule has 1 aromatic rings. The molecule has 0 saturated heterocycles. The van der Waals surface area contributed by atoms with Crippen molar-refractivity contribution in [3.05, 3.63) is 29.8 Å². The molecule has 0 bridgehead atoms. The normalized spacial score (nSPS) is 13.9. The van der Waals surface area contributed by atoms with Gasteiger partial charge in [-0.3, -0.25) is 4.79 Å². The van der Waals surface area contributed by atoms with E-state index >= 15 is 0 Å². The van der Waals surface area contributed by atoms with Gasteiger partial charge in [-0.05, 0) is 24.1 Å². The second-order valence-electron chi connectivity index (χ2n) is 4.01. The summed E-state index contributed by atoms with van der Waals surface area (Å²) < 4.78 is 5.04. The Bertz CT molecular complexity index is 377. The van der Waals surface area contributed by atoms with E-state index in [-0.39, 0.29) is 12.6 Å². The lowest BCUT2D eigenvalue weighted by atomic mass is 10.0. The molecule has 0 spiro atoms. The molecule has 0 aliphatic carbocycles. The Balaban J connectivity index is 2.69. The number of hydrogen-bond donors (Lipinski definition) is 3. The van der Waals surface area contributed by atoms with E-state index in [9.17, 15) is 9.90 Å². The molecule has 0 amide bonds. The van der Waals surface area contributed by atoms with Crippen LogP contribution in [0.1, 0.15) is 25.0 Å². The number of benzene rings is 1. The Morgan fingerprint density at radius 3 is 2.44 bits per heavy atom. The molecule has 0 heterocycles. The van der Waals surface area contributed by atoms with Crippen LogP contribution >= 0.6 is 0 Å². The van der Waals surface area contributed by atoms with Crippen LogP contribution in [0.5, 0.6) is 5.75 Å². The van der Waals surface area contributed by atoms with Crippen LogP contribution in [0.25, 0.3) is 0 Å². The zero-order chi connectivity index (χ0) is 13.5. The molecule has 0 saturated carbocycles. The van der Waals surface area contributed by atoms with E-state index in [4.69, 9.17) is 9.84 Å². The van der Waals surface area contributed by atoms with Crippen molar-refractivity contribution in [3.63, 3.8) is 0 Å². The fourth-order valence-electron chi connectivity index (χ4n) is 1.73. The summed E-state index contributed by atoms with van der Waals surface area (Å²) in [5, 5.41) is 21.6. The molecule has 0 aliphatic rings. The average Bonchev–Trinajstić information content (AvgIpc) is 2.39. The van der Waals surface area contributed by atoms with E-state index in [0.29, 0.717) is 6.42 Å². The Labute approximate surface area is 106 Å². The molecule has 5 heteroatoms. The summed E-state index contributed by atoms with van der Waals surface area (Å²) in [7, 11) is 1.58. The number of methoxy groups -OCH3 is 1. The number of carbonyl (C=O) groups is 1. The third-order valence-corrected chi connectivity index (χ3v) is 2.79. The molecule has 2 atom stereocenters. The molecule has 2 unspecified atom stereocenters. The van der Waals surface area contributed by atoms with Crippen LogP contribution in [0, 0.1) is 0 Å². The van der Waals surface area contributed by atoms with Crippen molar-refractivity contribution in [3.8, 4) is 5.75 Å². The molecular formula is C13H19NO4. The Morgan fingerprint density at radius 1 is 1.39 bits per heavy atom. The first-order valence-corrected chi connectivity index (χ1v) is 5.85. The summed E-state index contributed by atoms with van der Waals surface area (Å²) >= 11 is 0. The van der Waals surface area contributed by atoms with Gasteiger partial charge in [-0.15, -0.1) is 0 Å². The monoisotopic (exact) mass is 253 g/mol. The number of aliphatic hydroxyl groups is 1. The highest BCUT2D eigenvalue weighted by molar-refractivity contribution is 5.69. The van der Waals surface area contributed by atoms with Crippen molar-refractivity contribution in [2.75, 3.05) is 13.7 Å². The quantitative estimate of drug-likeness (QED) is 0.680. The fourth-order valence-corrected chi connectivity index (χ4v) is 1.73. The third kappa shape index (κ3) is 4.01. The third-order valence-electron chi connectivity index (χ3n) is 2.79. The average molecular weight is 253 g/mol. The number of hydrogen-bond acceptors (Lipinski definition) is 4. The Kier molecular flexibility index (Phi) is 5.61. The van der Waals surface area contributed by atoms with Crippen molar-refractivity contribution < 1.29 is 19.7 Å². The van der Waals surface area contributed by atoms with Crippen molar-refractivity contribution >= 4 is 5.97 Å². The summed E-state index contributed by atoms with van der Waals surface area (Å²) in [5.74, 6) is -0.215. The molecule has 0 aromatic heterocycles. The molecule has 18 heavy (non-hydrogen) atoms. The SMILES string of the molecule is CCC(NCC(=O)O)C(O)c1ccc(OC)cc1. The summed E-state index contributed by atoms with van der Waals surface area (Å²) in [6.45, 7) is 1.73. The lowest BCUT2D eigenvalue weighted by Crippen LogP contribution is -2.37. The number of aliphatic carboxylic acids is 1. The summed E-state index contributed by atoms with van der Waals surface area (Å²) in [6.07, 6.45) is -0.0965. The zero-order valence-electron chi connectivity index (χ0n) is 10.6. The van der Waals surface area contributed by atoms with Crippen molar-refractivity contribution in [2.24, 2.45) is 0 Å². The lowest BCUT2D eigenvalue weighted by molar-refractivity contribution is -0.136. The maximum atomic E-state index is 10.5. The van der Waals surface area contributed by atoms with Gasteiger partial charge in [-0.1, -0.05) is 19.1 Å². The van der Waals surface area contributed by atoms with E-state index < -0.39 is 12.1 Å². The van der Waals surface area contributed by atoms with Crippen molar-refractivity contribution in [2.45, 2.75) is 25.5 Å². The fraction of sp³-hybridized carbons (Fsp3) is 0.462. The summed E-state index contributed by atoms with van der Waals surface area (Å²) in [4.78, 5) is 10.5. The largest absolute Gasteiger partial charge is 0.497 e. The van der Waals surface area contributed by atoms with Crippen LogP contribution in [0.4, 0.5) is 0 Å². The summed E-state index contributed by atoms with van der Waals surface area (Å²) in [5.41, 5.74) is 0.737. The number of ether oxygens (including phenoxy) is 1. The molecular weight excluding hydrogens is 234 g/mol. The second kappa shape index (κ2) is 6.98. The smallest absolute Gasteiger partial charge is 0.317 e. The van der Waals surface area contributed by atoms with Crippen molar-refractivity contribution in [1.29, 1.82) is 0 Å². The van der Waals surface area contributed by atoms with Crippen molar-refractivity contribution in [1.82, 2.24) is 5.32 Å². The van der Waals surface area contributed by atoms with Gasteiger partial charge in [0.25, 0.3) is 0 Å². The first-order valence-electron chi connectivity index (χ1n) is 5.85. The molecule has 1 rings (SSSR count). The highest BCUT2D eigenvalue weighted by Gasteiger charge is 2.19. The molecule has 5 nitrogen and oxygen atoms in total. The Morgan fingerprint density at radius 2 is 2.00 bits per heavy atom. The number of aliphatic hydroxyl groups excluding tert-OH is 1. The maximum absolute atomic E-state index is 10.5. The van der Waals surface area contributed by atoms with Crippen LogP contribution in [-0.4, -0.2) is 35.9 Å². The van der Waals surface area contributed by atoms with E-state index in [1.807, 2.05) is 6.92 Å². The topological polar surface area (TPSA) is 78.8 Å². The molecule has 0 aliphatic heterocycles. The molecule has 0 radical (unpaired) electrons. The minimum absolute atomic E-state index is 0.161. The highest BCUT2D eigenvalue weighted by Crippen LogP contribution is 2.21. The van der Waals surface area contributed by atoms with E-state index in [1.165, 1.54) is 0 Å². The molecule has 0 fully saturated rings. The molecule has 3 N–H and O–H groups in total. The predicted octanol–water partition coefficient (Wildman–Crippen LogP) is 1.18. The zero-order valence-corrected chi connectivity index (χ0v) is 10.6.